The van der Waals surface area contributed by atoms with Gasteiger partial charge in [-0.3, -0.25) is 4.79 Å². The second-order valence-corrected chi connectivity index (χ2v) is 6.81. The quantitative estimate of drug-likeness (QED) is 0.935. The molecule has 24 heavy (non-hydrogen) atoms. The number of hydrogen-bond donors (Lipinski definition) is 1. The summed E-state index contributed by atoms with van der Waals surface area (Å²) >= 11 is 0. The van der Waals surface area contributed by atoms with Crippen molar-refractivity contribution in [3.8, 4) is 5.75 Å². The van der Waals surface area contributed by atoms with E-state index in [1.165, 1.54) is 0 Å². The third-order valence-electron chi connectivity index (χ3n) is 4.90. The van der Waals surface area contributed by atoms with Gasteiger partial charge in [-0.15, -0.1) is 0 Å². The summed E-state index contributed by atoms with van der Waals surface area (Å²) in [5.41, 5.74) is 0.721. The van der Waals surface area contributed by atoms with Gasteiger partial charge in [0.25, 0.3) is 5.91 Å². The normalized spacial score (nSPS) is 16.5. The molecule has 1 N–H and O–H groups in total. The number of benzene rings is 2. The van der Waals surface area contributed by atoms with E-state index in [0.29, 0.717) is 6.04 Å². The lowest BCUT2D eigenvalue weighted by atomic mass is 10.0. The highest BCUT2D eigenvalue weighted by molar-refractivity contribution is 5.98. The molecule has 0 aliphatic carbocycles. The Balaban J connectivity index is 1.66. The maximum absolute atomic E-state index is 12.5. The third-order valence-corrected chi connectivity index (χ3v) is 4.90. The van der Waals surface area contributed by atoms with Gasteiger partial charge in [0, 0.05) is 30.7 Å². The summed E-state index contributed by atoms with van der Waals surface area (Å²) in [5, 5.41) is 5.33. The second-order valence-electron chi connectivity index (χ2n) is 6.81. The molecule has 0 saturated carbocycles. The molecular formula is C20H26N2O2. The van der Waals surface area contributed by atoms with Gasteiger partial charge in [-0.05, 0) is 61.7 Å². The minimum Gasteiger partial charge on any atom is -0.497 e. The van der Waals surface area contributed by atoms with E-state index in [1.807, 2.05) is 36.4 Å². The SMILES string of the molecule is COc1ccc2cc(C(=O)NC3CCN(C(C)C)CC3)ccc2c1. The van der Waals surface area contributed by atoms with Crippen LogP contribution in [0.25, 0.3) is 10.8 Å². The number of nitrogens with one attached hydrogen (secondary N) is 1. The van der Waals surface area contributed by atoms with Gasteiger partial charge in [0.05, 0.1) is 7.11 Å². The summed E-state index contributed by atoms with van der Waals surface area (Å²) in [6, 6.07) is 12.6. The average molecular weight is 326 g/mol. The highest BCUT2D eigenvalue weighted by Gasteiger charge is 2.22. The van der Waals surface area contributed by atoms with Gasteiger partial charge in [0.2, 0.25) is 0 Å². The van der Waals surface area contributed by atoms with Crippen LogP contribution in [0.4, 0.5) is 0 Å². The predicted molar refractivity (Wildman–Crippen MR) is 97.7 cm³/mol. The van der Waals surface area contributed by atoms with Gasteiger partial charge < -0.3 is 15.0 Å². The lowest BCUT2D eigenvalue weighted by molar-refractivity contribution is 0.0901. The molecule has 0 aromatic heterocycles. The zero-order valence-electron chi connectivity index (χ0n) is 14.7. The lowest BCUT2D eigenvalue weighted by Gasteiger charge is -2.34. The summed E-state index contributed by atoms with van der Waals surface area (Å²) < 4.78 is 5.24. The molecule has 128 valence electrons. The number of carbonyl (C=O) groups is 1. The van der Waals surface area contributed by atoms with Crippen LogP contribution in [0.2, 0.25) is 0 Å². The first-order valence-corrected chi connectivity index (χ1v) is 8.69. The molecule has 0 unspecified atom stereocenters. The molecule has 0 bridgehead atoms. The number of ether oxygens (including phenoxy) is 1. The fourth-order valence-corrected chi connectivity index (χ4v) is 3.32. The number of piperidine rings is 1. The maximum Gasteiger partial charge on any atom is 0.251 e. The van der Waals surface area contributed by atoms with Gasteiger partial charge in [0.15, 0.2) is 0 Å². The first-order valence-electron chi connectivity index (χ1n) is 8.69. The van der Waals surface area contributed by atoms with E-state index in [0.717, 1.165) is 48.0 Å². The van der Waals surface area contributed by atoms with Crippen molar-refractivity contribution in [3.05, 3.63) is 42.0 Å². The first-order chi connectivity index (χ1) is 11.6. The van der Waals surface area contributed by atoms with Crippen LogP contribution < -0.4 is 10.1 Å². The van der Waals surface area contributed by atoms with E-state index in [-0.39, 0.29) is 11.9 Å². The highest BCUT2D eigenvalue weighted by Crippen LogP contribution is 2.22. The Labute approximate surface area is 143 Å². The van der Waals surface area contributed by atoms with E-state index in [2.05, 4.69) is 24.1 Å². The molecule has 2 aromatic rings. The lowest BCUT2D eigenvalue weighted by Crippen LogP contribution is -2.46. The summed E-state index contributed by atoms with van der Waals surface area (Å²) in [6.45, 7) is 6.56. The Morgan fingerprint density at radius 2 is 1.79 bits per heavy atom. The number of amides is 1. The van der Waals surface area contributed by atoms with Crippen molar-refractivity contribution in [2.24, 2.45) is 0 Å². The largest absolute Gasteiger partial charge is 0.497 e. The summed E-state index contributed by atoms with van der Waals surface area (Å²) in [4.78, 5) is 15.0. The van der Waals surface area contributed by atoms with Crippen LogP contribution in [0.15, 0.2) is 36.4 Å². The van der Waals surface area contributed by atoms with Crippen molar-refractivity contribution in [2.45, 2.75) is 38.8 Å². The van der Waals surface area contributed by atoms with Gasteiger partial charge in [-0.25, -0.2) is 0 Å². The van der Waals surface area contributed by atoms with Crippen molar-refractivity contribution in [1.29, 1.82) is 0 Å². The number of carbonyl (C=O) groups excluding carboxylic acids is 1. The van der Waals surface area contributed by atoms with Crippen LogP contribution in [0.3, 0.4) is 0 Å². The average Bonchev–Trinajstić information content (AvgIpc) is 2.61. The summed E-state index contributed by atoms with van der Waals surface area (Å²) in [7, 11) is 1.66. The Bertz CT molecular complexity index is 719. The monoisotopic (exact) mass is 326 g/mol. The van der Waals surface area contributed by atoms with Crippen LogP contribution in [0, 0.1) is 0 Å². The molecule has 1 fully saturated rings. The molecule has 1 aliphatic heterocycles. The molecule has 1 saturated heterocycles. The molecule has 3 rings (SSSR count). The van der Waals surface area contributed by atoms with Crippen molar-refractivity contribution in [3.63, 3.8) is 0 Å². The number of rotatable bonds is 4. The molecule has 0 spiro atoms. The number of fused-ring (bicyclic) bond motifs is 1. The maximum atomic E-state index is 12.5. The van der Waals surface area contributed by atoms with Gasteiger partial charge in [-0.1, -0.05) is 12.1 Å². The Kier molecular flexibility index (Phi) is 5.05. The Hall–Kier alpha value is -2.07. The Morgan fingerprint density at radius 1 is 1.12 bits per heavy atom. The van der Waals surface area contributed by atoms with Crippen LogP contribution in [-0.2, 0) is 0 Å². The van der Waals surface area contributed by atoms with Gasteiger partial charge >= 0.3 is 0 Å². The Morgan fingerprint density at radius 3 is 2.46 bits per heavy atom. The van der Waals surface area contributed by atoms with Crippen LogP contribution >= 0.6 is 0 Å². The number of hydrogen-bond acceptors (Lipinski definition) is 3. The van der Waals surface area contributed by atoms with E-state index in [4.69, 9.17) is 4.74 Å². The summed E-state index contributed by atoms with van der Waals surface area (Å²) in [5.74, 6) is 0.854. The van der Waals surface area contributed by atoms with Crippen LogP contribution in [0.5, 0.6) is 5.75 Å². The van der Waals surface area contributed by atoms with Crippen molar-refractivity contribution in [1.82, 2.24) is 10.2 Å². The first kappa shape index (κ1) is 16.8. The van der Waals surface area contributed by atoms with Gasteiger partial charge in [0.1, 0.15) is 5.75 Å². The number of likely N-dealkylation sites (tertiary alicyclic amines) is 1. The predicted octanol–water partition coefficient (Wildman–Crippen LogP) is 3.45. The highest BCUT2D eigenvalue weighted by atomic mass is 16.5. The van der Waals surface area contributed by atoms with Crippen molar-refractivity contribution < 1.29 is 9.53 Å². The number of methoxy groups -OCH3 is 1. The third kappa shape index (κ3) is 3.70. The molecule has 0 radical (unpaired) electrons. The van der Waals surface area contributed by atoms with E-state index < -0.39 is 0 Å². The molecule has 4 heteroatoms. The van der Waals surface area contributed by atoms with E-state index >= 15 is 0 Å². The van der Waals surface area contributed by atoms with Crippen LogP contribution in [0.1, 0.15) is 37.0 Å². The molecule has 4 nitrogen and oxygen atoms in total. The molecule has 1 heterocycles. The molecule has 0 atom stereocenters. The fourth-order valence-electron chi connectivity index (χ4n) is 3.32. The minimum atomic E-state index is 0.0238. The topological polar surface area (TPSA) is 41.6 Å². The van der Waals surface area contributed by atoms with E-state index in [1.54, 1.807) is 7.11 Å². The van der Waals surface area contributed by atoms with Crippen molar-refractivity contribution in [2.75, 3.05) is 20.2 Å². The smallest absolute Gasteiger partial charge is 0.251 e. The second kappa shape index (κ2) is 7.22. The van der Waals surface area contributed by atoms with E-state index in [9.17, 15) is 4.79 Å². The zero-order valence-corrected chi connectivity index (χ0v) is 14.7. The van der Waals surface area contributed by atoms with Crippen molar-refractivity contribution >= 4 is 16.7 Å². The number of nitrogens with zero attached hydrogens (tertiary/aromatic N) is 1. The molecular weight excluding hydrogens is 300 g/mol. The molecule has 1 amide bonds. The fraction of sp³-hybridized carbons (Fsp3) is 0.450. The summed E-state index contributed by atoms with van der Waals surface area (Å²) in [6.07, 6.45) is 2.05. The minimum absolute atomic E-state index is 0.0238. The van der Waals surface area contributed by atoms with Crippen LogP contribution in [-0.4, -0.2) is 43.1 Å². The standard InChI is InChI=1S/C20H26N2O2/c1-14(2)22-10-8-18(9-11-22)21-20(23)17-5-4-16-13-19(24-3)7-6-15(16)12-17/h4-7,12-14,18H,8-11H2,1-3H3,(H,21,23). The molecule has 2 aromatic carbocycles. The zero-order chi connectivity index (χ0) is 17.1. The van der Waals surface area contributed by atoms with Gasteiger partial charge in [-0.2, -0.15) is 0 Å². The molecule has 1 aliphatic rings.